The minimum Gasteiger partial charge on any atom is -0.476 e. The van der Waals surface area contributed by atoms with Gasteiger partial charge in [0.25, 0.3) is 0 Å². The van der Waals surface area contributed by atoms with Gasteiger partial charge in [-0.05, 0) is 57.3 Å². The number of piperidine rings is 1. The molecule has 0 bridgehead atoms. The van der Waals surface area contributed by atoms with Gasteiger partial charge in [-0.15, -0.1) is 0 Å². The molecule has 0 radical (unpaired) electrons. The van der Waals surface area contributed by atoms with E-state index in [4.69, 9.17) is 10.00 Å². The van der Waals surface area contributed by atoms with Crippen LogP contribution in [0.4, 0.5) is 5.69 Å². The molecule has 0 unspecified atom stereocenters. The molecule has 2 aliphatic rings. The van der Waals surface area contributed by atoms with Gasteiger partial charge in [-0.25, -0.2) is 9.97 Å². The first kappa shape index (κ1) is 22.6. The Balaban J connectivity index is 1.12. The summed E-state index contributed by atoms with van der Waals surface area (Å²) in [5.74, 6) is 1.40. The zero-order valence-corrected chi connectivity index (χ0v) is 20.1. The molecule has 0 atom stereocenters. The Morgan fingerprint density at radius 3 is 2.56 bits per heavy atom. The molecule has 0 amide bonds. The van der Waals surface area contributed by atoms with Crippen LogP contribution in [0.5, 0.6) is 5.88 Å². The van der Waals surface area contributed by atoms with E-state index in [9.17, 15) is 0 Å². The predicted octanol–water partition coefficient (Wildman–Crippen LogP) is 3.02. The van der Waals surface area contributed by atoms with Gasteiger partial charge < -0.3 is 24.0 Å². The van der Waals surface area contributed by atoms with Crippen LogP contribution in [0.1, 0.15) is 24.4 Å². The van der Waals surface area contributed by atoms with Crippen LogP contribution in [0.2, 0.25) is 0 Å². The lowest BCUT2D eigenvalue weighted by Gasteiger charge is -2.44. The third-order valence-electron chi connectivity index (χ3n) is 7.04. The molecule has 2 aliphatic heterocycles. The molecule has 178 valence electrons. The van der Waals surface area contributed by atoms with E-state index in [0.717, 1.165) is 68.7 Å². The largest absolute Gasteiger partial charge is 0.476 e. The summed E-state index contributed by atoms with van der Waals surface area (Å²) in [4.78, 5) is 16.1. The summed E-state index contributed by atoms with van der Waals surface area (Å²) < 4.78 is 8.25. The highest BCUT2D eigenvalue weighted by Gasteiger charge is 2.30. The van der Waals surface area contributed by atoms with Crippen molar-refractivity contribution in [2.24, 2.45) is 5.92 Å². The lowest BCUT2D eigenvalue weighted by molar-refractivity contribution is 0.153. The standard InChI is InChI=1S/C26H33N7O/c1-30(2)13-14-34-26-24-9-12-33(25(24)28-19-29-26)23-7-10-31(11-8-23)16-21-17-32(18-21)22-5-3-20(15-27)4-6-22/h3-6,9,12,19,21,23H,7-8,10-11,13-14,16-18H2,1-2H3. The van der Waals surface area contributed by atoms with E-state index in [0.29, 0.717) is 24.4 Å². The van der Waals surface area contributed by atoms with E-state index in [-0.39, 0.29) is 0 Å². The number of fused-ring (bicyclic) bond motifs is 1. The zero-order chi connectivity index (χ0) is 23.5. The number of nitriles is 1. The Bertz CT molecular complexity index is 1140. The molecule has 8 nitrogen and oxygen atoms in total. The van der Waals surface area contributed by atoms with Crippen LogP contribution in [0.25, 0.3) is 11.0 Å². The van der Waals surface area contributed by atoms with Crippen molar-refractivity contribution in [3.8, 4) is 11.9 Å². The fourth-order valence-electron chi connectivity index (χ4n) is 5.07. The van der Waals surface area contributed by atoms with Crippen molar-refractivity contribution >= 4 is 16.7 Å². The fourth-order valence-corrected chi connectivity index (χ4v) is 5.07. The quantitative estimate of drug-likeness (QED) is 0.513. The monoisotopic (exact) mass is 459 g/mol. The molecule has 0 N–H and O–H groups in total. The van der Waals surface area contributed by atoms with Gasteiger partial charge in [0.15, 0.2) is 0 Å². The number of likely N-dealkylation sites (tertiary alicyclic amines) is 1. The van der Waals surface area contributed by atoms with E-state index < -0.39 is 0 Å². The van der Waals surface area contributed by atoms with Crippen molar-refractivity contribution in [1.82, 2.24) is 24.3 Å². The molecule has 3 aromatic rings. The van der Waals surface area contributed by atoms with Gasteiger partial charge in [0.2, 0.25) is 5.88 Å². The molecular formula is C26H33N7O. The van der Waals surface area contributed by atoms with Crippen molar-refractivity contribution < 1.29 is 4.74 Å². The summed E-state index contributed by atoms with van der Waals surface area (Å²) in [6, 6.07) is 12.7. The Labute approximate surface area is 201 Å². The maximum atomic E-state index is 8.97. The number of ether oxygens (including phenoxy) is 1. The zero-order valence-electron chi connectivity index (χ0n) is 20.1. The maximum absolute atomic E-state index is 8.97. The van der Waals surface area contributed by atoms with E-state index in [1.807, 2.05) is 26.2 Å². The molecular weight excluding hydrogens is 426 g/mol. The molecule has 0 aliphatic carbocycles. The second-order valence-corrected chi connectivity index (χ2v) is 9.75. The van der Waals surface area contributed by atoms with Gasteiger partial charge >= 0.3 is 0 Å². The number of hydrogen-bond acceptors (Lipinski definition) is 7. The highest BCUT2D eigenvalue weighted by molar-refractivity contribution is 5.81. The minimum atomic E-state index is 0.467. The molecule has 1 aromatic carbocycles. The van der Waals surface area contributed by atoms with Crippen molar-refractivity contribution in [2.75, 3.05) is 64.9 Å². The van der Waals surface area contributed by atoms with Gasteiger partial charge in [-0.3, -0.25) is 0 Å². The fraction of sp³-hybridized carbons (Fsp3) is 0.500. The molecule has 0 spiro atoms. The number of benzene rings is 1. The van der Waals surface area contributed by atoms with Crippen molar-refractivity contribution in [3.05, 3.63) is 48.4 Å². The molecule has 0 saturated carbocycles. The molecule has 34 heavy (non-hydrogen) atoms. The minimum absolute atomic E-state index is 0.467. The van der Waals surface area contributed by atoms with Gasteiger partial charge in [-0.2, -0.15) is 5.26 Å². The highest BCUT2D eigenvalue weighted by Crippen LogP contribution is 2.31. The van der Waals surface area contributed by atoms with Crippen LogP contribution in [0.3, 0.4) is 0 Å². The third kappa shape index (κ3) is 4.86. The van der Waals surface area contributed by atoms with Crippen LogP contribution in [-0.2, 0) is 0 Å². The summed E-state index contributed by atoms with van der Waals surface area (Å²) >= 11 is 0. The maximum Gasteiger partial charge on any atom is 0.226 e. The summed E-state index contributed by atoms with van der Waals surface area (Å²) in [7, 11) is 4.08. The van der Waals surface area contributed by atoms with Crippen LogP contribution in [-0.4, -0.2) is 84.3 Å². The van der Waals surface area contributed by atoms with Crippen molar-refractivity contribution in [3.63, 3.8) is 0 Å². The van der Waals surface area contributed by atoms with E-state index >= 15 is 0 Å². The summed E-state index contributed by atoms with van der Waals surface area (Å²) in [5.41, 5.74) is 2.92. The SMILES string of the molecule is CN(C)CCOc1ncnc2c1ccn2C1CCN(CC2CN(c3ccc(C#N)cc3)C2)CC1. The lowest BCUT2D eigenvalue weighted by atomic mass is 9.96. The molecule has 2 aromatic heterocycles. The predicted molar refractivity (Wildman–Crippen MR) is 133 cm³/mol. The number of nitrogens with zero attached hydrogens (tertiary/aromatic N) is 7. The molecule has 2 saturated heterocycles. The van der Waals surface area contributed by atoms with Gasteiger partial charge in [-0.1, -0.05) is 0 Å². The number of aromatic nitrogens is 3. The lowest BCUT2D eigenvalue weighted by Crippen LogP contribution is -2.52. The highest BCUT2D eigenvalue weighted by atomic mass is 16.5. The normalized spacial score (nSPS) is 17.8. The first-order valence-corrected chi connectivity index (χ1v) is 12.2. The van der Waals surface area contributed by atoms with Gasteiger partial charge in [0.1, 0.15) is 18.6 Å². The smallest absolute Gasteiger partial charge is 0.226 e. The first-order chi connectivity index (χ1) is 16.6. The number of rotatable bonds is 8. The Kier molecular flexibility index (Phi) is 6.66. The molecule has 5 rings (SSSR count). The number of anilines is 1. The van der Waals surface area contributed by atoms with Gasteiger partial charge in [0.05, 0.1) is 17.0 Å². The molecule has 2 fully saturated rings. The van der Waals surface area contributed by atoms with E-state index in [2.05, 4.69) is 59.7 Å². The topological polar surface area (TPSA) is 73.5 Å². The second-order valence-electron chi connectivity index (χ2n) is 9.75. The summed E-state index contributed by atoms with van der Waals surface area (Å²) in [5, 5.41) is 9.97. The Morgan fingerprint density at radius 2 is 1.85 bits per heavy atom. The van der Waals surface area contributed by atoms with Crippen molar-refractivity contribution in [2.45, 2.75) is 18.9 Å². The average molecular weight is 460 g/mol. The Morgan fingerprint density at radius 1 is 1.09 bits per heavy atom. The number of hydrogen-bond donors (Lipinski definition) is 0. The Hall–Kier alpha value is -3.15. The second kappa shape index (κ2) is 10.00. The van der Waals surface area contributed by atoms with Gasteiger partial charge in [0, 0.05) is 63.1 Å². The summed E-state index contributed by atoms with van der Waals surface area (Å²) in [6.45, 7) is 7.08. The van der Waals surface area contributed by atoms with Crippen molar-refractivity contribution in [1.29, 1.82) is 5.26 Å². The van der Waals surface area contributed by atoms with Crippen LogP contribution < -0.4 is 9.64 Å². The number of likely N-dealkylation sites (N-methyl/N-ethyl adjacent to an activating group) is 1. The average Bonchev–Trinajstić information content (AvgIpc) is 3.26. The van der Waals surface area contributed by atoms with E-state index in [1.165, 1.54) is 5.69 Å². The van der Waals surface area contributed by atoms with Crippen LogP contribution in [0.15, 0.2) is 42.9 Å². The van der Waals surface area contributed by atoms with E-state index in [1.54, 1.807) is 6.33 Å². The molecule has 4 heterocycles. The first-order valence-electron chi connectivity index (χ1n) is 12.2. The molecule has 8 heteroatoms. The van der Waals surface area contributed by atoms with Crippen LogP contribution in [0, 0.1) is 17.2 Å². The van der Waals surface area contributed by atoms with Crippen LogP contribution >= 0.6 is 0 Å². The third-order valence-corrected chi connectivity index (χ3v) is 7.04. The summed E-state index contributed by atoms with van der Waals surface area (Å²) in [6.07, 6.45) is 6.04.